The lowest BCUT2D eigenvalue weighted by Gasteiger charge is -2.63. The zero-order valence-corrected chi connectivity index (χ0v) is 28.7. The van der Waals surface area contributed by atoms with E-state index in [4.69, 9.17) is 4.74 Å². The first-order chi connectivity index (χ1) is 21.3. The Labute approximate surface area is 271 Å². The zero-order chi connectivity index (χ0) is 31.7. The standard InChI is InChI=1S/C40H60O5/c1-34(23-41)13-5-15-36(3)29(34)11-17-38-19-26(7-9-31(36)38)28(21-38)33(43)45-25-40(44)22-39-18-12-30-35(2,24-42)14-6-16-37(30,4)32(39)10-8-27(40)20-39/h23-24,26-32,44H,5-22,25H2,1-4H3/t26-,27-,28-,29-,30-,31+,32+,34+,35+,36-,37-,38-,39+,40-/m1/s1. The third kappa shape index (κ3) is 4.09. The van der Waals surface area contributed by atoms with Crippen molar-refractivity contribution in [3.05, 3.63) is 0 Å². The maximum Gasteiger partial charge on any atom is 0.309 e. The van der Waals surface area contributed by atoms with Crippen molar-refractivity contribution in [2.24, 2.45) is 73.9 Å². The molecule has 5 heteroatoms. The summed E-state index contributed by atoms with van der Waals surface area (Å²) < 4.78 is 6.27. The van der Waals surface area contributed by atoms with E-state index in [0.29, 0.717) is 29.6 Å². The summed E-state index contributed by atoms with van der Waals surface area (Å²) in [5.41, 5.74) is -0.635. The van der Waals surface area contributed by atoms with Crippen molar-refractivity contribution in [1.29, 1.82) is 0 Å². The SMILES string of the molecule is C[C@@]12CCC[C@@](C)(C=O)[C@H]1CC[C@@]13C[C@@H](CC[C@H]12)[C@](O)(COC(=O)[C@@H]1C[C@]24CC[C@H]5[C@@](C)(CCC[C@@]5(C)C=O)[C@@H]2CC[C@@H]1C4)C3. The molecular formula is C40H60O5. The van der Waals surface area contributed by atoms with E-state index < -0.39 is 5.60 Å². The van der Waals surface area contributed by atoms with Crippen LogP contribution in [0.4, 0.5) is 0 Å². The van der Waals surface area contributed by atoms with Crippen LogP contribution in [0.1, 0.15) is 143 Å². The van der Waals surface area contributed by atoms with Crippen molar-refractivity contribution >= 4 is 18.5 Å². The Bertz CT molecular complexity index is 1260. The zero-order valence-electron chi connectivity index (χ0n) is 28.7. The second-order valence-corrected chi connectivity index (χ2v) is 19.7. The lowest BCUT2D eigenvalue weighted by Crippen LogP contribution is -2.56. The van der Waals surface area contributed by atoms with Crippen LogP contribution in [-0.4, -0.2) is 35.9 Å². The van der Waals surface area contributed by atoms with Gasteiger partial charge in [0.2, 0.25) is 0 Å². The smallest absolute Gasteiger partial charge is 0.309 e. The highest BCUT2D eigenvalue weighted by Gasteiger charge is 2.69. The van der Waals surface area contributed by atoms with Gasteiger partial charge in [0.05, 0.1) is 5.92 Å². The first-order valence-electron chi connectivity index (χ1n) is 19.1. The Balaban J connectivity index is 0.962. The lowest BCUT2D eigenvalue weighted by molar-refractivity contribution is -0.162. The average Bonchev–Trinajstić information content (AvgIpc) is 3.40. The molecule has 0 heterocycles. The first-order valence-corrected chi connectivity index (χ1v) is 19.1. The molecule has 0 saturated heterocycles. The highest BCUT2D eigenvalue weighted by atomic mass is 16.5. The van der Waals surface area contributed by atoms with Crippen molar-refractivity contribution < 1.29 is 24.2 Å². The molecule has 8 fully saturated rings. The molecule has 8 rings (SSSR count). The summed E-state index contributed by atoms with van der Waals surface area (Å²) in [4.78, 5) is 38.6. The number of aliphatic hydroxyl groups is 1. The van der Waals surface area contributed by atoms with Gasteiger partial charge in [-0.25, -0.2) is 0 Å². The molecule has 0 aromatic rings. The normalized spacial score (nSPS) is 57.9. The first kappa shape index (κ1) is 31.1. The maximum atomic E-state index is 14.0. The fourth-order valence-electron chi connectivity index (χ4n) is 16.2. The van der Waals surface area contributed by atoms with Gasteiger partial charge >= 0.3 is 5.97 Å². The molecular weight excluding hydrogens is 560 g/mol. The van der Waals surface area contributed by atoms with Crippen LogP contribution in [0, 0.1) is 73.9 Å². The molecule has 0 aromatic heterocycles. The van der Waals surface area contributed by atoms with E-state index in [2.05, 4.69) is 27.7 Å². The number of carbonyl (C=O) groups is 3. The van der Waals surface area contributed by atoms with Crippen molar-refractivity contribution in [3.63, 3.8) is 0 Å². The van der Waals surface area contributed by atoms with Gasteiger partial charge in [-0.2, -0.15) is 0 Å². The number of esters is 1. The summed E-state index contributed by atoms with van der Waals surface area (Å²) in [5, 5.41) is 12.3. The minimum absolute atomic E-state index is 0.0379. The summed E-state index contributed by atoms with van der Waals surface area (Å²) in [6, 6.07) is 0. The van der Waals surface area contributed by atoms with E-state index >= 15 is 0 Å². The molecule has 1 N–H and O–H groups in total. The van der Waals surface area contributed by atoms with Crippen LogP contribution < -0.4 is 0 Å². The van der Waals surface area contributed by atoms with Gasteiger partial charge < -0.3 is 19.4 Å². The van der Waals surface area contributed by atoms with E-state index in [1.54, 1.807) is 0 Å². The molecule has 0 aliphatic heterocycles. The van der Waals surface area contributed by atoms with E-state index in [0.717, 1.165) is 96.3 Å². The molecule has 8 aliphatic rings. The topological polar surface area (TPSA) is 80.7 Å². The molecule has 0 unspecified atom stereocenters. The number of fused-ring (bicyclic) bond motifs is 6. The molecule has 14 atom stereocenters. The second-order valence-electron chi connectivity index (χ2n) is 19.7. The third-order valence-corrected chi connectivity index (χ3v) is 17.8. The molecule has 250 valence electrons. The Hall–Kier alpha value is -1.23. The summed E-state index contributed by atoms with van der Waals surface area (Å²) >= 11 is 0. The Kier molecular flexibility index (Phi) is 6.84. The number of hydrogen-bond acceptors (Lipinski definition) is 5. The van der Waals surface area contributed by atoms with E-state index in [9.17, 15) is 19.5 Å². The van der Waals surface area contributed by atoms with Crippen LogP contribution in [0.3, 0.4) is 0 Å². The van der Waals surface area contributed by atoms with Gasteiger partial charge in [0, 0.05) is 10.8 Å². The molecule has 45 heavy (non-hydrogen) atoms. The molecule has 4 bridgehead atoms. The van der Waals surface area contributed by atoms with Gasteiger partial charge in [0.25, 0.3) is 0 Å². The van der Waals surface area contributed by atoms with Crippen LogP contribution in [0.25, 0.3) is 0 Å². The van der Waals surface area contributed by atoms with Gasteiger partial charge in [0.15, 0.2) is 0 Å². The third-order valence-electron chi connectivity index (χ3n) is 17.8. The number of rotatable bonds is 5. The van der Waals surface area contributed by atoms with Crippen LogP contribution in [0.5, 0.6) is 0 Å². The fraction of sp³-hybridized carbons (Fsp3) is 0.925. The molecule has 8 aliphatic carbocycles. The molecule has 8 saturated carbocycles. The van der Waals surface area contributed by atoms with Gasteiger partial charge in [0.1, 0.15) is 24.8 Å². The number of ether oxygens (including phenoxy) is 1. The van der Waals surface area contributed by atoms with Crippen LogP contribution >= 0.6 is 0 Å². The van der Waals surface area contributed by atoms with Crippen molar-refractivity contribution in [2.45, 2.75) is 149 Å². The maximum absolute atomic E-state index is 14.0. The van der Waals surface area contributed by atoms with Crippen molar-refractivity contribution in [3.8, 4) is 0 Å². The van der Waals surface area contributed by atoms with Gasteiger partial charge in [-0.15, -0.1) is 0 Å². The summed E-state index contributed by atoms with van der Waals surface area (Å²) in [6.45, 7) is 9.56. The second kappa shape index (κ2) is 9.91. The van der Waals surface area contributed by atoms with E-state index in [1.165, 1.54) is 31.8 Å². The Morgan fingerprint density at radius 3 is 1.89 bits per heavy atom. The highest BCUT2D eigenvalue weighted by Crippen LogP contribution is 2.74. The summed E-state index contributed by atoms with van der Waals surface area (Å²) in [6.07, 6.45) is 22.1. The predicted octanol–water partition coefficient (Wildman–Crippen LogP) is 8.10. The Morgan fingerprint density at radius 2 is 1.27 bits per heavy atom. The molecule has 5 nitrogen and oxygen atoms in total. The quantitative estimate of drug-likeness (QED) is 0.248. The molecule has 0 aromatic carbocycles. The minimum atomic E-state index is -0.919. The van der Waals surface area contributed by atoms with Crippen molar-refractivity contribution in [2.75, 3.05) is 6.61 Å². The van der Waals surface area contributed by atoms with Crippen LogP contribution in [0.2, 0.25) is 0 Å². The van der Waals surface area contributed by atoms with Gasteiger partial charge in [-0.05, 0) is 160 Å². The average molecular weight is 621 g/mol. The molecule has 2 spiro atoms. The summed E-state index contributed by atoms with van der Waals surface area (Å²) in [7, 11) is 0. The fourth-order valence-corrected chi connectivity index (χ4v) is 16.2. The van der Waals surface area contributed by atoms with Gasteiger partial charge in [-0.3, -0.25) is 4.79 Å². The van der Waals surface area contributed by atoms with E-state index in [1.807, 2.05) is 0 Å². The number of hydrogen-bond donors (Lipinski definition) is 1. The van der Waals surface area contributed by atoms with E-state index in [-0.39, 0.29) is 56.9 Å². The summed E-state index contributed by atoms with van der Waals surface area (Å²) in [5.74, 6) is 2.59. The predicted molar refractivity (Wildman–Crippen MR) is 173 cm³/mol. The Morgan fingerprint density at radius 1 is 0.689 bits per heavy atom. The molecule has 0 radical (unpaired) electrons. The monoisotopic (exact) mass is 620 g/mol. The molecule has 0 amide bonds. The minimum Gasteiger partial charge on any atom is -0.462 e. The number of carbonyl (C=O) groups excluding carboxylic acids is 3. The van der Waals surface area contributed by atoms with Gasteiger partial charge in [-0.1, -0.05) is 40.5 Å². The van der Waals surface area contributed by atoms with Crippen molar-refractivity contribution in [1.82, 2.24) is 0 Å². The largest absolute Gasteiger partial charge is 0.462 e. The van der Waals surface area contributed by atoms with Crippen LogP contribution in [0.15, 0.2) is 0 Å². The highest BCUT2D eigenvalue weighted by molar-refractivity contribution is 5.73. The van der Waals surface area contributed by atoms with Crippen LogP contribution in [-0.2, 0) is 19.1 Å². The number of aldehydes is 2. The lowest BCUT2D eigenvalue weighted by atomic mass is 9.41.